The number of rotatable bonds is 12. The van der Waals surface area contributed by atoms with E-state index in [9.17, 15) is 14.4 Å². The zero-order chi connectivity index (χ0) is 36.2. The van der Waals surface area contributed by atoms with Gasteiger partial charge < -0.3 is 33.2 Å². The fourth-order valence-corrected chi connectivity index (χ4v) is 8.34. The fourth-order valence-electron chi connectivity index (χ4n) is 5.52. The Morgan fingerprint density at radius 1 is 1.04 bits per heavy atom. The smallest absolute Gasteiger partial charge is 0.343 e. The lowest BCUT2D eigenvalue weighted by atomic mass is 9.95. The molecule has 0 amide bonds. The maximum absolute atomic E-state index is 14.2. The lowest BCUT2D eigenvalue weighted by Crippen LogP contribution is -2.40. The third kappa shape index (κ3) is 7.79. The van der Waals surface area contributed by atoms with E-state index >= 15 is 0 Å². The number of aromatic nitrogens is 1. The van der Waals surface area contributed by atoms with Crippen molar-refractivity contribution in [1.82, 2.24) is 4.57 Å². The van der Waals surface area contributed by atoms with Crippen LogP contribution in [0.25, 0.3) is 6.08 Å². The first-order chi connectivity index (χ1) is 24.6. The lowest BCUT2D eigenvalue weighted by Gasteiger charge is -2.25. The minimum Gasteiger partial charge on any atom is -0.490 e. The number of methoxy groups -OCH3 is 1. The van der Waals surface area contributed by atoms with Crippen LogP contribution in [0.5, 0.6) is 28.7 Å². The van der Waals surface area contributed by atoms with Crippen LogP contribution in [0.4, 0.5) is 0 Å². The number of fused-ring (bicyclic) bond motifs is 2. The van der Waals surface area contributed by atoms with E-state index in [1.54, 1.807) is 38.1 Å². The molecule has 4 aromatic rings. The molecular weight excluding hydrogens is 859 g/mol. The topological polar surface area (TPSA) is 133 Å². The van der Waals surface area contributed by atoms with Crippen molar-refractivity contribution in [2.24, 2.45) is 4.99 Å². The maximum Gasteiger partial charge on any atom is 0.343 e. The molecule has 0 radical (unpaired) electrons. The van der Waals surface area contributed by atoms with Crippen LogP contribution in [-0.2, 0) is 25.7 Å². The summed E-state index contributed by atoms with van der Waals surface area (Å²) in [5, 5.41) is 0. The van der Waals surface area contributed by atoms with Gasteiger partial charge in [-0.05, 0) is 118 Å². The molecule has 1 atom stereocenters. The Hall–Kier alpha value is -4.35. The Morgan fingerprint density at radius 3 is 2.59 bits per heavy atom. The molecule has 0 aliphatic carbocycles. The number of esters is 2. The number of thiazole rings is 1. The minimum absolute atomic E-state index is 0.140. The predicted octanol–water partition coefficient (Wildman–Crippen LogP) is 5.42. The predicted molar refractivity (Wildman–Crippen MR) is 199 cm³/mol. The highest BCUT2D eigenvalue weighted by atomic mass is 127. The molecule has 2 aliphatic rings. The van der Waals surface area contributed by atoms with Gasteiger partial charge >= 0.3 is 11.9 Å². The molecular formula is C36H32BrIN2O10S. The number of nitrogens with zero attached hydrogens (tertiary/aromatic N) is 2. The van der Waals surface area contributed by atoms with Gasteiger partial charge in [-0.15, -0.1) is 0 Å². The van der Waals surface area contributed by atoms with Gasteiger partial charge in [0.25, 0.3) is 5.56 Å². The molecule has 0 bridgehead atoms. The summed E-state index contributed by atoms with van der Waals surface area (Å²) in [6.07, 6.45) is 1.79. The first-order valence-corrected chi connectivity index (χ1v) is 18.5. The molecule has 51 heavy (non-hydrogen) atoms. The van der Waals surface area contributed by atoms with Crippen molar-refractivity contribution in [1.29, 1.82) is 0 Å². The number of carbonyl (C=O) groups is 2. The van der Waals surface area contributed by atoms with Gasteiger partial charge in [0.2, 0.25) is 6.79 Å². The van der Waals surface area contributed by atoms with Crippen LogP contribution in [0.3, 0.4) is 0 Å². The van der Waals surface area contributed by atoms with E-state index < -0.39 is 18.0 Å². The van der Waals surface area contributed by atoms with E-state index in [-0.39, 0.29) is 31.1 Å². The quantitative estimate of drug-likeness (QED) is 0.134. The van der Waals surface area contributed by atoms with Crippen LogP contribution in [-0.4, -0.2) is 50.2 Å². The van der Waals surface area contributed by atoms with E-state index in [1.165, 1.54) is 23.0 Å². The maximum atomic E-state index is 14.2. The molecule has 0 spiro atoms. The summed E-state index contributed by atoms with van der Waals surface area (Å²) in [4.78, 5) is 44.5. The van der Waals surface area contributed by atoms with Gasteiger partial charge in [-0.1, -0.05) is 23.5 Å². The zero-order valence-corrected chi connectivity index (χ0v) is 32.5. The fraction of sp³-hybridized carbons (Fsp3) is 0.278. The Labute approximate surface area is 318 Å². The second kappa shape index (κ2) is 15.9. The van der Waals surface area contributed by atoms with E-state index in [2.05, 4.69) is 43.5 Å². The van der Waals surface area contributed by atoms with Gasteiger partial charge in [0.05, 0.1) is 50.2 Å². The minimum atomic E-state index is -0.879. The average Bonchev–Trinajstić information content (AvgIpc) is 3.70. The number of hydrogen-bond acceptors (Lipinski definition) is 12. The first-order valence-electron chi connectivity index (χ1n) is 15.8. The lowest BCUT2D eigenvalue weighted by molar-refractivity contribution is -0.143. The van der Waals surface area contributed by atoms with Crippen LogP contribution in [0.1, 0.15) is 43.5 Å². The molecule has 0 fully saturated rings. The normalized spacial score (nSPS) is 14.9. The largest absolute Gasteiger partial charge is 0.490 e. The standard InChI is InChI=1S/C36H32BrIN2O10S/c1-5-45-28-15-22(8-10-25(28)47-17-30(41)44-4)32-31(35(43)46-6-2)19(3)39-36-40(32)34(42)29(51-36)14-21-11-23(37)33(24(38)12-21)48-16-20-7-9-26-27(13-20)50-18-49-26/h7-15,32H,5-6,16-18H2,1-4H3/b29-14-/t32-/m1/s1. The molecule has 2 aliphatic heterocycles. The summed E-state index contributed by atoms with van der Waals surface area (Å²) < 4.78 is 42.1. The number of hydrogen-bond donors (Lipinski definition) is 0. The van der Waals surface area contributed by atoms with Crippen LogP contribution < -0.4 is 38.6 Å². The first kappa shape index (κ1) is 36.4. The summed E-state index contributed by atoms with van der Waals surface area (Å²) >= 11 is 7.06. The molecule has 3 heterocycles. The van der Waals surface area contributed by atoms with Gasteiger partial charge in [0.15, 0.2) is 34.4 Å². The summed E-state index contributed by atoms with van der Waals surface area (Å²) in [6.45, 7) is 5.88. The molecule has 0 saturated heterocycles. The Morgan fingerprint density at radius 2 is 1.84 bits per heavy atom. The highest BCUT2D eigenvalue weighted by Gasteiger charge is 2.34. The number of allylic oxidation sites excluding steroid dienone is 1. The molecule has 6 rings (SSSR count). The van der Waals surface area contributed by atoms with Crippen molar-refractivity contribution in [2.45, 2.75) is 33.4 Å². The third-order valence-corrected chi connectivity index (χ3v) is 10.2. The van der Waals surface area contributed by atoms with Gasteiger partial charge in [0.1, 0.15) is 12.4 Å². The highest BCUT2D eigenvalue weighted by Crippen LogP contribution is 2.38. The third-order valence-electron chi connectivity index (χ3n) is 7.81. The average molecular weight is 892 g/mol. The SMILES string of the molecule is CCOC(=O)C1=C(C)N=c2s/c(=C\c3cc(Br)c(OCc4ccc5c(c4)OCO5)c(I)c3)c(=O)n2[C@@H]1c1ccc(OCC(=O)OC)c(OCC)c1. The van der Waals surface area contributed by atoms with Crippen LogP contribution >= 0.6 is 49.9 Å². The van der Waals surface area contributed by atoms with E-state index in [4.69, 9.17) is 33.2 Å². The number of ether oxygens (including phenoxy) is 7. The monoisotopic (exact) mass is 890 g/mol. The second-order valence-electron chi connectivity index (χ2n) is 11.1. The second-order valence-corrected chi connectivity index (χ2v) is 14.1. The number of halogens is 2. The number of benzene rings is 3. The van der Waals surface area contributed by atoms with Crippen LogP contribution in [0.2, 0.25) is 0 Å². The van der Waals surface area contributed by atoms with E-state index in [0.717, 1.165) is 14.7 Å². The number of carbonyl (C=O) groups excluding carboxylic acids is 2. The molecule has 15 heteroatoms. The molecule has 1 aromatic heterocycles. The van der Waals surface area contributed by atoms with E-state index in [1.807, 2.05) is 37.3 Å². The summed E-state index contributed by atoms with van der Waals surface area (Å²) in [5.41, 5.74) is 2.57. The van der Waals surface area contributed by atoms with E-state index in [0.29, 0.717) is 67.0 Å². The Kier molecular flexibility index (Phi) is 11.4. The van der Waals surface area contributed by atoms with Crippen molar-refractivity contribution < 1.29 is 42.7 Å². The molecule has 0 saturated carbocycles. The molecule has 0 unspecified atom stereocenters. The highest BCUT2D eigenvalue weighted by molar-refractivity contribution is 14.1. The van der Waals surface area contributed by atoms with Crippen LogP contribution in [0, 0.1) is 3.57 Å². The van der Waals surface area contributed by atoms with Crippen molar-refractivity contribution in [3.05, 3.63) is 104 Å². The Bertz CT molecular complexity index is 2210. The van der Waals surface area contributed by atoms with Crippen molar-refractivity contribution >= 4 is 67.9 Å². The summed E-state index contributed by atoms with van der Waals surface area (Å²) in [6, 6.07) is 13.6. The van der Waals surface area contributed by atoms with Gasteiger partial charge in [-0.25, -0.2) is 14.6 Å². The van der Waals surface area contributed by atoms with Gasteiger partial charge in [0, 0.05) is 0 Å². The molecule has 12 nitrogen and oxygen atoms in total. The Balaban J connectivity index is 1.37. The molecule has 3 aromatic carbocycles. The molecule has 0 N–H and O–H groups in total. The summed E-state index contributed by atoms with van der Waals surface area (Å²) in [7, 11) is 1.27. The van der Waals surface area contributed by atoms with Crippen molar-refractivity contribution in [3.63, 3.8) is 0 Å². The van der Waals surface area contributed by atoms with Gasteiger partial charge in [-0.2, -0.15) is 0 Å². The molecule has 266 valence electrons. The van der Waals surface area contributed by atoms with Gasteiger partial charge in [-0.3, -0.25) is 9.36 Å². The van der Waals surface area contributed by atoms with Crippen molar-refractivity contribution in [3.8, 4) is 28.7 Å². The van der Waals surface area contributed by atoms with Crippen molar-refractivity contribution in [2.75, 3.05) is 33.7 Å². The van der Waals surface area contributed by atoms with Crippen LogP contribution in [0.15, 0.2) is 74.1 Å². The summed E-state index contributed by atoms with van der Waals surface area (Å²) in [5.74, 6) is 1.55. The zero-order valence-electron chi connectivity index (χ0n) is 28.0.